The Morgan fingerprint density at radius 3 is 2.94 bits per heavy atom. The summed E-state index contributed by atoms with van der Waals surface area (Å²) in [5, 5.41) is 3.62. The van der Waals surface area contributed by atoms with E-state index >= 15 is 0 Å². The van der Waals surface area contributed by atoms with Crippen molar-refractivity contribution >= 4 is 0 Å². The van der Waals surface area contributed by atoms with Gasteiger partial charge < -0.3 is 14.8 Å². The number of hydrogen-bond acceptors (Lipinski definition) is 4. The van der Waals surface area contributed by atoms with Crippen LogP contribution in [0.1, 0.15) is 20.3 Å². The molecule has 2 aliphatic heterocycles. The molecule has 2 heterocycles. The highest BCUT2D eigenvalue weighted by Crippen LogP contribution is 2.18. The third-order valence-corrected chi connectivity index (χ3v) is 3.78. The second-order valence-corrected chi connectivity index (χ2v) is 5.23. The van der Waals surface area contributed by atoms with E-state index in [1.54, 1.807) is 0 Å². The van der Waals surface area contributed by atoms with Crippen LogP contribution >= 0.6 is 0 Å². The third-order valence-electron chi connectivity index (χ3n) is 3.78. The Hall–Kier alpha value is -0.160. The highest BCUT2D eigenvalue weighted by molar-refractivity contribution is 4.83. The van der Waals surface area contributed by atoms with Crippen LogP contribution in [-0.2, 0) is 9.47 Å². The molecule has 4 heteroatoms. The maximum absolute atomic E-state index is 5.59. The lowest BCUT2D eigenvalue weighted by atomic mass is 9.98. The van der Waals surface area contributed by atoms with Gasteiger partial charge in [-0.15, -0.1) is 0 Å². The summed E-state index contributed by atoms with van der Waals surface area (Å²) in [7, 11) is 0. The predicted octanol–water partition coefficient (Wildman–Crippen LogP) is 0.722. The average Bonchev–Trinajstić information content (AvgIpc) is 2.82. The zero-order valence-corrected chi connectivity index (χ0v) is 11.2. The van der Waals surface area contributed by atoms with Gasteiger partial charge in [0.25, 0.3) is 0 Å². The maximum atomic E-state index is 5.59. The zero-order chi connectivity index (χ0) is 12.1. The monoisotopic (exact) mass is 242 g/mol. The Kier molecular flexibility index (Phi) is 5.22. The molecule has 0 saturated carbocycles. The first-order valence-electron chi connectivity index (χ1n) is 6.94. The lowest BCUT2D eigenvalue weighted by Gasteiger charge is -2.35. The molecule has 0 radical (unpaired) electrons. The van der Waals surface area contributed by atoms with Crippen molar-refractivity contribution in [3.05, 3.63) is 0 Å². The van der Waals surface area contributed by atoms with E-state index in [1.807, 2.05) is 0 Å². The van der Waals surface area contributed by atoms with Crippen LogP contribution in [0.25, 0.3) is 0 Å². The third kappa shape index (κ3) is 3.91. The first-order chi connectivity index (χ1) is 8.29. The van der Waals surface area contributed by atoms with Crippen molar-refractivity contribution in [3.8, 4) is 0 Å². The molecule has 17 heavy (non-hydrogen) atoms. The van der Waals surface area contributed by atoms with Crippen LogP contribution in [0.15, 0.2) is 0 Å². The van der Waals surface area contributed by atoms with Gasteiger partial charge in [-0.05, 0) is 19.9 Å². The Morgan fingerprint density at radius 2 is 2.29 bits per heavy atom. The minimum Gasteiger partial charge on any atom is -0.381 e. The van der Waals surface area contributed by atoms with Crippen molar-refractivity contribution in [2.45, 2.75) is 32.4 Å². The summed E-state index contributed by atoms with van der Waals surface area (Å²) >= 11 is 0. The molecule has 2 aliphatic rings. The summed E-state index contributed by atoms with van der Waals surface area (Å²) in [5.74, 6) is 0.688. The van der Waals surface area contributed by atoms with Gasteiger partial charge in [-0.3, -0.25) is 4.90 Å². The van der Waals surface area contributed by atoms with Crippen LogP contribution in [0, 0.1) is 5.92 Å². The highest BCUT2D eigenvalue weighted by atomic mass is 16.5. The summed E-state index contributed by atoms with van der Waals surface area (Å²) in [4.78, 5) is 2.53. The van der Waals surface area contributed by atoms with Gasteiger partial charge in [0.05, 0.1) is 19.3 Å². The fourth-order valence-electron chi connectivity index (χ4n) is 2.85. The number of ether oxygens (including phenoxy) is 2. The quantitative estimate of drug-likeness (QED) is 0.770. The van der Waals surface area contributed by atoms with E-state index < -0.39 is 0 Å². The van der Waals surface area contributed by atoms with Gasteiger partial charge in [0, 0.05) is 38.2 Å². The molecule has 100 valence electrons. The molecule has 0 aliphatic carbocycles. The van der Waals surface area contributed by atoms with Crippen molar-refractivity contribution in [2.24, 2.45) is 5.92 Å². The predicted molar refractivity (Wildman–Crippen MR) is 68.2 cm³/mol. The van der Waals surface area contributed by atoms with Gasteiger partial charge in [-0.1, -0.05) is 6.92 Å². The van der Waals surface area contributed by atoms with E-state index in [0.29, 0.717) is 18.1 Å². The van der Waals surface area contributed by atoms with E-state index in [1.165, 1.54) is 6.42 Å². The molecule has 0 aromatic carbocycles. The van der Waals surface area contributed by atoms with Crippen molar-refractivity contribution in [1.82, 2.24) is 10.2 Å². The number of nitrogens with one attached hydrogen (secondary N) is 1. The number of rotatable bonds is 5. The molecule has 0 bridgehead atoms. The summed E-state index contributed by atoms with van der Waals surface area (Å²) in [6.07, 6.45) is 1.59. The maximum Gasteiger partial charge on any atom is 0.0674 e. The van der Waals surface area contributed by atoms with Gasteiger partial charge in [0.2, 0.25) is 0 Å². The van der Waals surface area contributed by atoms with E-state index in [-0.39, 0.29) is 0 Å². The summed E-state index contributed by atoms with van der Waals surface area (Å²) in [6, 6.07) is 0.577. The van der Waals surface area contributed by atoms with Crippen LogP contribution in [0.4, 0.5) is 0 Å². The minimum atomic E-state index is 0.380. The normalized spacial score (nSPS) is 32.8. The molecule has 0 spiro atoms. The summed E-state index contributed by atoms with van der Waals surface area (Å²) in [6.45, 7) is 11.4. The fourth-order valence-corrected chi connectivity index (χ4v) is 2.85. The SMILES string of the molecule is CCNC(CN1CCOC(C)C1)C1CCOC1. The van der Waals surface area contributed by atoms with Gasteiger partial charge in [-0.2, -0.15) is 0 Å². The summed E-state index contributed by atoms with van der Waals surface area (Å²) < 4.78 is 11.1. The Morgan fingerprint density at radius 1 is 1.41 bits per heavy atom. The van der Waals surface area contributed by atoms with E-state index in [4.69, 9.17) is 9.47 Å². The molecule has 3 unspecified atom stereocenters. The van der Waals surface area contributed by atoms with Gasteiger partial charge in [0.1, 0.15) is 0 Å². The molecular formula is C13H26N2O2. The number of morpholine rings is 1. The second-order valence-electron chi connectivity index (χ2n) is 5.23. The van der Waals surface area contributed by atoms with Crippen molar-refractivity contribution in [2.75, 3.05) is 46.0 Å². The lowest BCUT2D eigenvalue weighted by molar-refractivity contribution is -0.0231. The summed E-state index contributed by atoms with van der Waals surface area (Å²) in [5.41, 5.74) is 0. The molecule has 2 saturated heterocycles. The molecule has 0 aromatic rings. The van der Waals surface area contributed by atoms with Crippen LogP contribution < -0.4 is 5.32 Å². The molecule has 2 rings (SSSR count). The first-order valence-corrected chi connectivity index (χ1v) is 6.94. The first kappa shape index (κ1) is 13.3. The van der Waals surface area contributed by atoms with Crippen LogP contribution in [-0.4, -0.2) is 63.0 Å². The second kappa shape index (κ2) is 6.69. The van der Waals surface area contributed by atoms with E-state index in [0.717, 1.165) is 46.0 Å². The van der Waals surface area contributed by atoms with Crippen molar-refractivity contribution < 1.29 is 9.47 Å². The topological polar surface area (TPSA) is 33.7 Å². The van der Waals surface area contributed by atoms with Crippen LogP contribution in [0.3, 0.4) is 0 Å². The molecule has 0 aromatic heterocycles. The molecule has 2 fully saturated rings. The standard InChI is InChI=1S/C13H26N2O2/c1-3-14-13(12-4-6-16-10-12)9-15-5-7-17-11(2)8-15/h11-14H,3-10H2,1-2H3. The smallest absolute Gasteiger partial charge is 0.0674 e. The Balaban J connectivity index is 1.83. The number of likely N-dealkylation sites (N-methyl/N-ethyl adjacent to an activating group) is 1. The van der Waals surface area contributed by atoms with Crippen molar-refractivity contribution in [1.29, 1.82) is 0 Å². The van der Waals surface area contributed by atoms with Crippen LogP contribution in [0.5, 0.6) is 0 Å². The largest absolute Gasteiger partial charge is 0.381 e. The molecule has 3 atom stereocenters. The molecular weight excluding hydrogens is 216 g/mol. The molecule has 4 nitrogen and oxygen atoms in total. The van der Waals surface area contributed by atoms with Crippen LogP contribution in [0.2, 0.25) is 0 Å². The Labute approximate surface area is 105 Å². The lowest BCUT2D eigenvalue weighted by Crippen LogP contribution is -2.50. The van der Waals surface area contributed by atoms with E-state index in [2.05, 4.69) is 24.1 Å². The molecule has 1 N–H and O–H groups in total. The van der Waals surface area contributed by atoms with Gasteiger partial charge in [-0.25, -0.2) is 0 Å². The fraction of sp³-hybridized carbons (Fsp3) is 1.00. The number of nitrogens with zero attached hydrogens (tertiary/aromatic N) is 1. The number of hydrogen-bond donors (Lipinski definition) is 1. The highest BCUT2D eigenvalue weighted by Gasteiger charge is 2.28. The minimum absolute atomic E-state index is 0.380. The van der Waals surface area contributed by atoms with Gasteiger partial charge >= 0.3 is 0 Å². The average molecular weight is 242 g/mol. The van der Waals surface area contributed by atoms with E-state index in [9.17, 15) is 0 Å². The zero-order valence-electron chi connectivity index (χ0n) is 11.2. The Bertz CT molecular complexity index is 219. The van der Waals surface area contributed by atoms with Crippen molar-refractivity contribution in [3.63, 3.8) is 0 Å². The van der Waals surface area contributed by atoms with Gasteiger partial charge in [0.15, 0.2) is 0 Å². The molecule has 0 amide bonds.